The van der Waals surface area contributed by atoms with Crippen LogP contribution in [-0.4, -0.2) is 66.2 Å². The third kappa shape index (κ3) is 11.5. The van der Waals surface area contributed by atoms with Gasteiger partial charge in [-0.1, -0.05) is 120 Å². The minimum atomic E-state index is -0.198. The van der Waals surface area contributed by atoms with E-state index in [-0.39, 0.29) is 5.97 Å². The van der Waals surface area contributed by atoms with Gasteiger partial charge >= 0.3 is 5.97 Å². The van der Waals surface area contributed by atoms with Crippen LogP contribution in [0.15, 0.2) is 196 Å². The van der Waals surface area contributed by atoms with Gasteiger partial charge in [0, 0.05) is 82.8 Å². The lowest BCUT2D eigenvalue weighted by Gasteiger charge is -2.23. The lowest BCUT2D eigenvalue weighted by molar-refractivity contribution is -0.143. The number of esters is 1. The normalized spacial score (nSPS) is 14.9. The zero-order valence-electron chi connectivity index (χ0n) is 42.1. The number of hydrogen-bond acceptors (Lipinski definition) is 7. The summed E-state index contributed by atoms with van der Waals surface area (Å²) in [5.74, 6) is 1.61. The minimum absolute atomic E-state index is 0.198. The Hall–Kier alpha value is -7.52. The van der Waals surface area contributed by atoms with Crippen molar-refractivity contribution in [2.75, 3.05) is 43.0 Å². The lowest BCUT2D eigenvalue weighted by atomic mass is 9.96. The minimum Gasteiger partial charge on any atom is -0.493 e. The van der Waals surface area contributed by atoms with Gasteiger partial charge in [0.2, 0.25) is 0 Å². The van der Waals surface area contributed by atoms with Crippen molar-refractivity contribution >= 4 is 74.3 Å². The van der Waals surface area contributed by atoms with Crippen molar-refractivity contribution in [1.29, 1.82) is 0 Å². The van der Waals surface area contributed by atoms with Crippen molar-refractivity contribution in [2.24, 2.45) is 15.0 Å². The summed E-state index contributed by atoms with van der Waals surface area (Å²) >= 11 is 12.0. The molecule has 1 aromatic heterocycles. The highest BCUT2D eigenvalue weighted by molar-refractivity contribution is 6.34. The number of aryl methyl sites for hydroxylation is 4. The van der Waals surface area contributed by atoms with E-state index >= 15 is 0 Å². The third-order valence-electron chi connectivity index (χ3n) is 13.7. The molecular formula is C64H59Cl2N5O3. The molecule has 0 amide bonds. The van der Waals surface area contributed by atoms with Gasteiger partial charge in [0.15, 0.2) is 0 Å². The first-order valence-electron chi connectivity index (χ1n) is 25.5. The maximum atomic E-state index is 12.6. The number of anilines is 1. The van der Waals surface area contributed by atoms with Gasteiger partial charge in [0.1, 0.15) is 5.75 Å². The molecule has 0 saturated carbocycles. The van der Waals surface area contributed by atoms with Crippen LogP contribution in [-0.2, 0) is 16.0 Å². The molecule has 4 aliphatic heterocycles. The third-order valence-corrected chi connectivity index (χ3v) is 14.0. The van der Waals surface area contributed by atoms with E-state index in [9.17, 15) is 4.79 Å². The first-order chi connectivity index (χ1) is 36.2. The Labute approximate surface area is 443 Å². The summed E-state index contributed by atoms with van der Waals surface area (Å²) in [6.45, 7) is 8.52. The number of nitrogens with one attached hydrogen (secondary N) is 1. The van der Waals surface area contributed by atoms with Gasteiger partial charge in [0.05, 0.1) is 47.4 Å². The van der Waals surface area contributed by atoms with E-state index < -0.39 is 0 Å². The number of halogens is 2. The number of rotatable bonds is 18. The first-order valence-corrected chi connectivity index (χ1v) is 26.6. The van der Waals surface area contributed by atoms with Crippen LogP contribution in [0.4, 0.5) is 5.69 Å². The summed E-state index contributed by atoms with van der Waals surface area (Å²) < 4.78 is 11.8. The number of benzene rings is 5. The van der Waals surface area contributed by atoms with Gasteiger partial charge in [-0.25, -0.2) is 9.98 Å². The number of hydrogen-bond donors (Lipinski definition) is 1. The predicted octanol–water partition coefficient (Wildman–Crippen LogP) is 12.5. The van der Waals surface area contributed by atoms with Crippen molar-refractivity contribution in [1.82, 2.24) is 4.98 Å². The van der Waals surface area contributed by atoms with Crippen molar-refractivity contribution < 1.29 is 14.3 Å². The molecule has 5 heterocycles. The summed E-state index contributed by atoms with van der Waals surface area (Å²) in [5, 5.41) is 1.86. The Kier molecular flexibility index (Phi) is 15.6. The summed E-state index contributed by atoms with van der Waals surface area (Å²) in [6.07, 6.45) is 13.8. The van der Waals surface area contributed by atoms with E-state index in [2.05, 4.69) is 182 Å². The zero-order chi connectivity index (χ0) is 51.0. The van der Waals surface area contributed by atoms with E-state index in [0.717, 1.165) is 120 Å². The molecule has 0 aliphatic carbocycles. The van der Waals surface area contributed by atoms with Gasteiger partial charge < -0.3 is 19.4 Å². The molecule has 8 nitrogen and oxygen atoms in total. The number of carbonyl (C=O) groups excluding carboxylic acids is 1. The molecule has 74 heavy (non-hydrogen) atoms. The second kappa shape index (κ2) is 23.1. The fraction of sp³-hybridized carbons (Fsp3) is 0.219. The van der Waals surface area contributed by atoms with Crippen LogP contribution in [0.2, 0.25) is 0 Å². The number of H-pyrrole nitrogens is 1. The number of aliphatic imine (C=N–C) groups is 3. The molecule has 1 N–H and O–H groups in total. The molecule has 10 heteroatoms. The summed E-state index contributed by atoms with van der Waals surface area (Å²) in [5.41, 5.74) is 19.2. The van der Waals surface area contributed by atoms with Crippen molar-refractivity contribution in [3.05, 3.63) is 236 Å². The Morgan fingerprint density at radius 1 is 0.568 bits per heavy atom. The molecule has 0 unspecified atom stereocenters. The summed E-state index contributed by atoms with van der Waals surface area (Å²) in [6, 6.07) is 46.8. The molecule has 6 aromatic rings. The van der Waals surface area contributed by atoms with Gasteiger partial charge in [0.25, 0.3) is 0 Å². The molecule has 0 radical (unpaired) electrons. The molecule has 0 fully saturated rings. The fourth-order valence-corrected chi connectivity index (χ4v) is 10.2. The highest BCUT2D eigenvalue weighted by Gasteiger charge is 2.27. The lowest BCUT2D eigenvalue weighted by Crippen LogP contribution is -2.27. The van der Waals surface area contributed by atoms with Crippen molar-refractivity contribution in [3.8, 4) is 5.75 Å². The monoisotopic (exact) mass is 1020 g/mol. The average Bonchev–Trinajstić information content (AvgIpc) is 4.27. The van der Waals surface area contributed by atoms with Crippen LogP contribution in [0, 0.1) is 20.8 Å². The molecule has 5 aromatic carbocycles. The van der Waals surface area contributed by atoms with Crippen LogP contribution < -0.4 is 20.3 Å². The van der Waals surface area contributed by atoms with Crippen LogP contribution in [0.3, 0.4) is 0 Å². The Balaban J connectivity index is 0.931. The quantitative estimate of drug-likeness (QED) is 0.0527. The van der Waals surface area contributed by atoms with Crippen molar-refractivity contribution in [3.63, 3.8) is 0 Å². The number of carbonyl (C=O) groups is 1. The number of fused-ring (bicyclic) bond motifs is 5. The maximum Gasteiger partial charge on any atom is 0.305 e. The summed E-state index contributed by atoms with van der Waals surface area (Å²) in [7, 11) is 0. The molecule has 10 rings (SSSR count). The Morgan fingerprint density at radius 3 is 1.64 bits per heavy atom. The molecular weight excluding hydrogens is 958 g/mol. The largest absolute Gasteiger partial charge is 0.493 e. The maximum absolute atomic E-state index is 12.6. The fourth-order valence-electron chi connectivity index (χ4n) is 9.76. The van der Waals surface area contributed by atoms with Gasteiger partial charge in [-0.05, 0) is 122 Å². The Bertz CT molecular complexity index is 3440. The smallest absolute Gasteiger partial charge is 0.305 e. The van der Waals surface area contributed by atoms with E-state index in [1.54, 1.807) is 0 Å². The van der Waals surface area contributed by atoms with Crippen LogP contribution >= 0.6 is 23.2 Å². The SMILES string of the molecule is Cc1ccc(C2=C3C=CC(=N3)C(c3ccc(C)cc3)=c3ccc([nH]3)=C(c3ccc(OCCCOC(=O)CCCc4ccc(N(CCCl)CCCl)cc4)cc3)C3=NC(=C(c4ccc(C)cc4)C4=NC2=CC4)C=C3)cc1. The van der Waals surface area contributed by atoms with Crippen molar-refractivity contribution in [2.45, 2.75) is 52.9 Å². The topological polar surface area (TPSA) is 91.6 Å². The van der Waals surface area contributed by atoms with Gasteiger partial charge in [-0.2, -0.15) is 0 Å². The number of alkyl halides is 2. The second-order valence-electron chi connectivity index (χ2n) is 19.0. The average molecular weight is 1020 g/mol. The number of aromatic amines is 1. The second-order valence-corrected chi connectivity index (χ2v) is 19.8. The standard InChI is InChI=1S/C64H59Cl2N5O3/c1-42-8-16-46(17-9-42)61-52-28-30-54(67-52)62(47-18-10-43(2)11-19-47)56-32-34-58(69-56)64(59-35-33-57(70-59)63(55-31-29-53(61)68-55)48-20-12-44(3)13-21-48)49-22-26-51(27-23-49)73-40-5-41-74-60(72)7-4-6-45-14-24-50(25-15-45)71(38-36-65)39-37-66/h8-30,32-35,69H,4-7,31,36-41H2,1-3H3. The number of nitrogens with zero attached hydrogens (tertiary/aromatic N) is 4. The Morgan fingerprint density at radius 2 is 1.08 bits per heavy atom. The molecule has 372 valence electrons. The van der Waals surface area contributed by atoms with E-state index in [1.807, 2.05) is 12.1 Å². The van der Waals surface area contributed by atoms with E-state index in [4.69, 9.17) is 47.7 Å². The highest BCUT2D eigenvalue weighted by atomic mass is 35.5. The molecule has 4 aliphatic rings. The summed E-state index contributed by atoms with van der Waals surface area (Å²) in [4.78, 5) is 35.0. The highest BCUT2D eigenvalue weighted by Crippen LogP contribution is 2.39. The predicted molar refractivity (Wildman–Crippen MR) is 306 cm³/mol. The number of aromatic nitrogens is 1. The molecule has 0 saturated heterocycles. The van der Waals surface area contributed by atoms with Gasteiger partial charge in [-0.15, -0.1) is 23.2 Å². The number of ether oxygens (including phenoxy) is 2. The van der Waals surface area contributed by atoms with Crippen LogP contribution in [0.1, 0.15) is 70.2 Å². The molecule has 0 atom stereocenters. The van der Waals surface area contributed by atoms with Crippen LogP contribution in [0.5, 0.6) is 5.75 Å². The first kappa shape index (κ1) is 50.0. The zero-order valence-corrected chi connectivity index (χ0v) is 43.6. The molecule has 0 spiro atoms. The molecule has 8 bridgehead atoms. The van der Waals surface area contributed by atoms with Gasteiger partial charge in [-0.3, -0.25) is 9.79 Å². The van der Waals surface area contributed by atoms with Crippen LogP contribution in [0.25, 0.3) is 22.3 Å². The number of allylic oxidation sites excluding steroid dienone is 7. The van der Waals surface area contributed by atoms with E-state index in [1.165, 1.54) is 22.3 Å². The van der Waals surface area contributed by atoms with E-state index in [0.29, 0.717) is 50.7 Å².